The number of hydrogen-bond acceptors (Lipinski definition) is 2. The van der Waals surface area contributed by atoms with Crippen molar-refractivity contribution in [1.82, 2.24) is 9.61 Å². The molecule has 0 amide bonds. The lowest BCUT2D eigenvalue weighted by Gasteiger charge is -2.03. The maximum Gasteiger partial charge on any atom is 0.307 e. The van der Waals surface area contributed by atoms with E-state index in [1.54, 1.807) is 10.7 Å². The predicted molar refractivity (Wildman–Crippen MR) is 75.8 cm³/mol. The Kier molecular flexibility index (Phi) is 3.21. The molecule has 3 rings (SSSR count). The molecule has 0 aliphatic rings. The molecule has 2 heterocycles. The van der Waals surface area contributed by atoms with Crippen molar-refractivity contribution < 1.29 is 9.90 Å². The van der Waals surface area contributed by atoms with Gasteiger partial charge in [-0.3, -0.25) is 4.79 Å². The van der Waals surface area contributed by atoms with Crippen molar-refractivity contribution in [1.29, 1.82) is 0 Å². The van der Waals surface area contributed by atoms with E-state index < -0.39 is 5.97 Å². The van der Waals surface area contributed by atoms with E-state index in [1.807, 2.05) is 36.5 Å². The van der Waals surface area contributed by atoms with Crippen molar-refractivity contribution in [2.75, 3.05) is 0 Å². The van der Waals surface area contributed by atoms with Crippen LogP contribution in [0.3, 0.4) is 0 Å². The second-order valence-corrected chi connectivity index (χ2v) is 4.77. The first-order valence-electron chi connectivity index (χ1n) is 6.43. The van der Waals surface area contributed by atoms with Crippen molar-refractivity contribution in [2.24, 2.45) is 0 Å². The molecule has 4 heteroatoms. The van der Waals surface area contributed by atoms with Gasteiger partial charge in [-0.25, -0.2) is 4.52 Å². The van der Waals surface area contributed by atoms with Crippen LogP contribution in [0.4, 0.5) is 0 Å². The summed E-state index contributed by atoms with van der Waals surface area (Å²) in [7, 11) is 0. The van der Waals surface area contributed by atoms with Crippen LogP contribution in [-0.4, -0.2) is 20.7 Å². The summed E-state index contributed by atoms with van der Waals surface area (Å²) in [5.74, 6) is -0.839. The van der Waals surface area contributed by atoms with Gasteiger partial charge in [0.1, 0.15) is 0 Å². The second kappa shape index (κ2) is 5.17. The number of rotatable bonds is 4. The summed E-state index contributed by atoms with van der Waals surface area (Å²) < 4.78 is 1.72. The molecular formula is C16H14N2O2. The summed E-state index contributed by atoms with van der Waals surface area (Å²) in [5, 5.41) is 13.1. The summed E-state index contributed by atoms with van der Waals surface area (Å²) in [5.41, 5.74) is 3.99. The molecule has 1 aromatic carbocycles. The number of benzene rings is 1. The van der Waals surface area contributed by atoms with E-state index in [2.05, 4.69) is 17.2 Å². The molecule has 3 aromatic rings. The second-order valence-electron chi connectivity index (χ2n) is 4.77. The molecule has 2 aromatic heterocycles. The SMILES string of the molecule is O=C(O)Cc1cnn2ccc(Cc3ccccc3)cc12. The van der Waals surface area contributed by atoms with Gasteiger partial charge in [0.25, 0.3) is 0 Å². The Morgan fingerprint density at radius 1 is 1.15 bits per heavy atom. The van der Waals surface area contributed by atoms with Crippen molar-refractivity contribution in [3.8, 4) is 0 Å². The van der Waals surface area contributed by atoms with Gasteiger partial charge in [0.2, 0.25) is 0 Å². The molecule has 0 saturated heterocycles. The normalized spacial score (nSPS) is 10.8. The molecule has 0 radical (unpaired) electrons. The standard InChI is InChI=1S/C16H14N2O2/c19-16(20)10-14-11-17-18-7-6-13(9-15(14)18)8-12-4-2-1-3-5-12/h1-7,9,11H,8,10H2,(H,19,20). The van der Waals surface area contributed by atoms with Gasteiger partial charge in [0.05, 0.1) is 18.1 Å². The summed E-state index contributed by atoms with van der Waals surface area (Å²) in [6.07, 6.45) is 4.32. The van der Waals surface area contributed by atoms with Crippen molar-refractivity contribution in [3.63, 3.8) is 0 Å². The van der Waals surface area contributed by atoms with Gasteiger partial charge in [0, 0.05) is 11.8 Å². The molecule has 1 N–H and O–H groups in total. The van der Waals surface area contributed by atoms with Crippen LogP contribution in [-0.2, 0) is 17.6 Å². The number of fused-ring (bicyclic) bond motifs is 1. The number of nitrogens with zero attached hydrogens (tertiary/aromatic N) is 2. The van der Waals surface area contributed by atoms with Crippen LogP contribution in [0.25, 0.3) is 5.52 Å². The maximum atomic E-state index is 10.8. The van der Waals surface area contributed by atoms with Gasteiger partial charge in [-0.1, -0.05) is 30.3 Å². The van der Waals surface area contributed by atoms with Gasteiger partial charge in [-0.05, 0) is 29.7 Å². The van der Waals surface area contributed by atoms with E-state index in [9.17, 15) is 4.79 Å². The average Bonchev–Trinajstić information content (AvgIpc) is 2.82. The third-order valence-corrected chi connectivity index (χ3v) is 3.26. The zero-order valence-corrected chi connectivity index (χ0v) is 10.9. The third kappa shape index (κ3) is 2.54. The largest absolute Gasteiger partial charge is 0.481 e. The molecule has 0 spiro atoms. The zero-order chi connectivity index (χ0) is 13.9. The van der Waals surface area contributed by atoms with E-state index in [0.29, 0.717) is 0 Å². The van der Waals surface area contributed by atoms with Gasteiger partial charge in [0.15, 0.2) is 0 Å². The summed E-state index contributed by atoms with van der Waals surface area (Å²) in [4.78, 5) is 10.8. The van der Waals surface area contributed by atoms with Crippen LogP contribution in [0.1, 0.15) is 16.7 Å². The highest BCUT2D eigenvalue weighted by Gasteiger charge is 2.08. The van der Waals surface area contributed by atoms with Gasteiger partial charge < -0.3 is 5.11 Å². The van der Waals surface area contributed by atoms with E-state index in [1.165, 1.54) is 5.56 Å². The molecule has 0 unspecified atom stereocenters. The lowest BCUT2D eigenvalue weighted by molar-refractivity contribution is -0.136. The molecule has 100 valence electrons. The molecule has 0 aliphatic carbocycles. The highest BCUT2D eigenvalue weighted by molar-refractivity contribution is 5.74. The van der Waals surface area contributed by atoms with E-state index in [4.69, 9.17) is 5.11 Å². The number of pyridine rings is 1. The maximum absolute atomic E-state index is 10.8. The minimum atomic E-state index is -0.839. The summed E-state index contributed by atoms with van der Waals surface area (Å²) in [6.45, 7) is 0. The number of carboxylic acid groups (broad SMARTS) is 1. The molecule has 0 aliphatic heterocycles. The van der Waals surface area contributed by atoms with Gasteiger partial charge in [-0.15, -0.1) is 0 Å². The topological polar surface area (TPSA) is 54.6 Å². The molecule has 0 atom stereocenters. The Labute approximate surface area is 116 Å². The Morgan fingerprint density at radius 2 is 1.95 bits per heavy atom. The summed E-state index contributed by atoms with van der Waals surface area (Å²) >= 11 is 0. The molecule has 0 bridgehead atoms. The van der Waals surface area contributed by atoms with Crippen molar-refractivity contribution in [3.05, 3.63) is 71.5 Å². The number of hydrogen-bond donors (Lipinski definition) is 1. The minimum absolute atomic E-state index is 0.00170. The molecule has 4 nitrogen and oxygen atoms in total. The number of aromatic nitrogens is 2. The van der Waals surface area contributed by atoms with Crippen LogP contribution in [0, 0.1) is 0 Å². The molecule has 0 saturated carbocycles. The van der Waals surface area contributed by atoms with Crippen LogP contribution in [0.2, 0.25) is 0 Å². The first-order valence-corrected chi connectivity index (χ1v) is 6.43. The van der Waals surface area contributed by atoms with Gasteiger partial charge in [-0.2, -0.15) is 5.10 Å². The smallest absolute Gasteiger partial charge is 0.307 e. The Morgan fingerprint density at radius 3 is 2.70 bits per heavy atom. The lowest BCUT2D eigenvalue weighted by atomic mass is 10.0. The van der Waals surface area contributed by atoms with Crippen molar-refractivity contribution >= 4 is 11.5 Å². The minimum Gasteiger partial charge on any atom is -0.481 e. The molecular weight excluding hydrogens is 252 g/mol. The van der Waals surface area contributed by atoms with Crippen LogP contribution >= 0.6 is 0 Å². The van der Waals surface area contributed by atoms with Crippen LogP contribution in [0.15, 0.2) is 54.9 Å². The fourth-order valence-corrected chi connectivity index (χ4v) is 2.32. The Hall–Kier alpha value is -2.62. The Bertz CT molecular complexity index is 748. The van der Waals surface area contributed by atoms with E-state index >= 15 is 0 Å². The van der Waals surface area contributed by atoms with Crippen molar-refractivity contribution in [2.45, 2.75) is 12.8 Å². The van der Waals surface area contributed by atoms with Crippen LogP contribution < -0.4 is 0 Å². The van der Waals surface area contributed by atoms with Gasteiger partial charge >= 0.3 is 5.97 Å². The first-order chi connectivity index (χ1) is 9.72. The fraction of sp³-hybridized carbons (Fsp3) is 0.125. The Balaban J connectivity index is 1.95. The zero-order valence-electron chi connectivity index (χ0n) is 10.9. The lowest BCUT2D eigenvalue weighted by Crippen LogP contribution is -2.00. The highest BCUT2D eigenvalue weighted by atomic mass is 16.4. The number of carbonyl (C=O) groups is 1. The van der Waals surface area contributed by atoms with Crippen LogP contribution in [0.5, 0.6) is 0 Å². The molecule has 0 fully saturated rings. The quantitative estimate of drug-likeness (QED) is 0.789. The molecule has 20 heavy (non-hydrogen) atoms. The monoisotopic (exact) mass is 266 g/mol. The van der Waals surface area contributed by atoms with E-state index in [0.717, 1.165) is 23.1 Å². The fourth-order valence-electron chi connectivity index (χ4n) is 2.32. The number of carboxylic acids is 1. The number of aliphatic carboxylic acids is 1. The third-order valence-electron chi connectivity index (χ3n) is 3.26. The van der Waals surface area contributed by atoms with E-state index in [-0.39, 0.29) is 6.42 Å². The first kappa shape index (κ1) is 12.4. The predicted octanol–water partition coefficient (Wildman–Crippen LogP) is 2.55. The highest BCUT2D eigenvalue weighted by Crippen LogP contribution is 2.16. The summed E-state index contributed by atoms with van der Waals surface area (Å²) in [6, 6.07) is 14.2. The average molecular weight is 266 g/mol.